The summed E-state index contributed by atoms with van der Waals surface area (Å²) >= 11 is 0. The molecule has 0 spiro atoms. The third kappa shape index (κ3) is 1.96. The van der Waals surface area contributed by atoms with Crippen molar-refractivity contribution in [3.8, 4) is 23.9 Å². The monoisotopic (exact) mass is 159 g/mol. The Bertz CT molecular complexity index is 353. The van der Waals surface area contributed by atoms with Crippen LogP contribution in [0.1, 0.15) is 5.56 Å². The van der Waals surface area contributed by atoms with Gasteiger partial charge in [-0.05, 0) is 5.92 Å². The molecular formula is C8H5N3O. The fraction of sp³-hybridized carbons (Fsp3) is 0.125. The summed E-state index contributed by atoms with van der Waals surface area (Å²) in [6.45, 7) is 0. The van der Waals surface area contributed by atoms with Gasteiger partial charge in [-0.3, -0.25) is 0 Å². The number of ether oxygens (including phenoxy) is 1. The fourth-order valence-corrected chi connectivity index (χ4v) is 0.586. The van der Waals surface area contributed by atoms with Crippen molar-refractivity contribution in [1.29, 1.82) is 5.26 Å². The highest BCUT2D eigenvalue weighted by molar-refractivity contribution is 5.34. The van der Waals surface area contributed by atoms with E-state index in [4.69, 9.17) is 10.00 Å². The van der Waals surface area contributed by atoms with Crippen LogP contribution in [-0.4, -0.2) is 17.1 Å². The zero-order chi connectivity index (χ0) is 8.81. The van der Waals surface area contributed by atoms with Gasteiger partial charge < -0.3 is 4.74 Å². The first-order valence-electron chi connectivity index (χ1n) is 3.13. The summed E-state index contributed by atoms with van der Waals surface area (Å²) in [5.74, 6) is 4.79. The summed E-state index contributed by atoms with van der Waals surface area (Å²) in [6.07, 6.45) is 2.99. The molecular weight excluding hydrogens is 154 g/mol. The van der Waals surface area contributed by atoms with E-state index in [1.54, 1.807) is 6.07 Å². The molecule has 0 aliphatic rings. The van der Waals surface area contributed by atoms with Crippen LogP contribution in [0.4, 0.5) is 0 Å². The average Bonchev–Trinajstić information content (AvgIpc) is 2.15. The molecule has 58 valence electrons. The predicted octanol–water partition coefficient (Wildman–Crippen LogP) is 0.360. The quantitative estimate of drug-likeness (QED) is 0.555. The third-order valence-electron chi connectivity index (χ3n) is 1.07. The molecule has 0 aliphatic carbocycles. The number of hydrogen-bond acceptors (Lipinski definition) is 4. The van der Waals surface area contributed by atoms with Gasteiger partial charge in [0.25, 0.3) is 0 Å². The fourth-order valence-electron chi connectivity index (χ4n) is 0.586. The Morgan fingerprint density at radius 2 is 2.08 bits per heavy atom. The van der Waals surface area contributed by atoms with Crippen LogP contribution in [0.5, 0.6) is 6.01 Å². The van der Waals surface area contributed by atoms with E-state index in [0.717, 1.165) is 0 Å². The van der Waals surface area contributed by atoms with E-state index in [1.807, 2.05) is 0 Å². The van der Waals surface area contributed by atoms with E-state index < -0.39 is 0 Å². The van der Waals surface area contributed by atoms with Gasteiger partial charge in [0.05, 0.1) is 12.7 Å². The molecule has 0 atom stereocenters. The van der Waals surface area contributed by atoms with Crippen molar-refractivity contribution in [2.24, 2.45) is 0 Å². The first-order chi connectivity index (χ1) is 5.86. The minimum absolute atomic E-state index is 0.289. The Hall–Kier alpha value is -2.07. The summed E-state index contributed by atoms with van der Waals surface area (Å²) in [6, 6.07) is 1.99. The van der Waals surface area contributed by atoms with E-state index in [0.29, 0.717) is 5.56 Å². The van der Waals surface area contributed by atoms with Crippen molar-refractivity contribution in [1.82, 2.24) is 9.97 Å². The van der Waals surface area contributed by atoms with Crippen LogP contribution in [0.2, 0.25) is 0 Å². The molecule has 0 aliphatic heterocycles. The molecule has 4 nitrogen and oxygen atoms in total. The topological polar surface area (TPSA) is 58.8 Å². The molecule has 0 bridgehead atoms. The molecule has 0 N–H and O–H groups in total. The molecule has 0 aromatic carbocycles. The smallest absolute Gasteiger partial charge is 0.316 e. The van der Waals surface area contributed by atoms with Crippen LogP contribution in [0.3, 0.4) is 0 Å². The number of aromatic nitrogens is 2. The second kappa shape index (κ2) is 3.95. The Balaban J connectivity index is 2.87. The third-order valence-corrected chi connectivity index (χ3v) is 1.07. The molecule has 1 aromatic heterocycles. The van der Waals surface area contributed by atoms with Crippen LogP contribution in [0, 0.1) is 23.2 Å². The lowest BCUT2D eigenvalue weighted by molar-refractivity contribution is 0.379. The zero-order valence-electron chi connectivity index (χ0n) is 6.40. The van der Waals surface area contributed by atoms with Gasteiger partial charge in [0.15, 0.2) is 6.07 Å². The Kier molecular flexibility index (Phi) is 2.64. The standard InChI is InChI=1S/C8H5N3O/c1-12-8-10-5-7(6-11-8)3-2-4-9/h5-6H,1H3. The van der Waals surface area contributed by atoms with Crippen molar-refractivity contribution in [3.63, 3.8) is 0 Å². The molecule has 0 radical (unpaired) electrons. The van der Waals surface area contributed by atoms with Crippen LogP contribution >= 0.6 is 0 Å². The highest BCUT2D eigenvalue weighted by Crippen LogP contribution is 1.99. The summed E-state index contributed by atoms with van der Waals surface area (Å²) in [7, 11) is 1.48. The highest BCUT2D eigenvalue weighted by Gasteiger charge is 1.91. The number of nitrogens with zero attached hydrogens (tertiary/aromatic N) is 3. The molecule has 0 fully saturated rings. The van der Waals surface area contributed by atoms with Crippen molar-refractivity contribution >= 4 is 0 Å². The van der Waals surface area contributed by atoms with E-state index >= 15 is 0 Å². The van der Waals surface area contributed by atoms with Gasteiger partial charge in [-0.1, -0.05) is 0 Å². The zero-order valence-corrected chi connectivity index (χ0v) is 6.40. The number of methoxy groups -OCH3 is 1. The van der Waals surface area contributed by atoms with Crippen molar-refractivity contribution in [3.05, 3.63) is 18.0 Å². The SMILES string of the molecule is COc1ncc(C#CC#N)cn1. The second-order valence-corrected chi connectivity index (χ2v) is 1.82. The molecule has 0 saturated carbocycles. The van der Waals surface area contributed by atoms with Gasteiger partial charge in [0, 0.05) is 18.3 Å². The first-order valence-corrected chi connectivity index (χ1v) is 3.13. The largest absolute Gasteiger partial charge is 0.467 e. The van der Waals surface area contributed by atoms with Gasteiger partial charge >= 0.3 is 6.01 Å². The van der Waals surface area contributed by atoms with Gasteiger partial charge in [-0.2, -0.15) is 5.26 Å². The van der Waals surface area contributed by atoms with Crippen LogP contribution in [-0.2, 0) is 0 Å². The van der Waals surface area contributed by atoms with Crippen molar-refractivity contribution < 1.29 is 4.74 Å². The average molecular weight is 159 g/mol. The Morgan fingerprint density at radius 1 is 1.42 bits per heavy atom. The summed E-state index contributed by atoms with van der Waals surface area (Å²) in [5.41, 5.74) is 0.595. The van der Waals surface area contributed by atoms with Crippen molar-refractivity contribution in [2.45, 2.75) is 0 Å². The minimum atomic E-state index is 0.289. The molecule has 0 amide bonds. The lowest BCUT2D eigenvalue weighted by atomic mass is 10.3. The lowest BCUT2D eigenvalue weighted by Crippen LogP contribution is -1.91. The normalized spacial score (nSPS) is 7.67. The first kappa shape index (κ1) is 8.03. The van der Waals surface area contributed by atoms with E-state index in [9.17, 15) is 0 Å². The summed E-state index contributed by atoms with van der Waals surface area (Å²) in [4.78, 5) is 7.61. The molecule has 12 heavy (non-hydrogen) atoms. The van der Waals surface area contributed by atoms with E-state index in [2.05, 4.69) is 21.8 Å². The summed E-state index contributed by atoms with van der Waals surface area (Å²) < 4.78 is 4.74. The molecule has 1 heterocycles. The maximum atomic E-state index is 8.14. The second-order valence-electron chi connectivity index (χ2n) is 1.82. The van der Waals surface area contributed by atoms with Crippen molar-refractivity contribution in [2.75, 3.05) is 7.11 Å². The summed E-state index contributed by atoms with van der Waals surface area (Å²) in [5, 5.41) is 8.14. The van der Waals surface area contributed by atoms with Gasteiger partial charge in [0.1, 0.15) is 0 Å². The molecule has 0 unspecified atom stereocenters. The van der Waals surface area contributed by atoms with Gasteiger partial charge in [-0.25, -0.2) is 9.97 Å². The Labute approximate surface area is 69.8 Å². The maximum Gasteiger partial charge on any atom is 0.316 e. The number of hydrogen-bond donors (Lipinski definition) is 0. The maximum absolute atomic E-state index is 8.14. The predicted molar refractivity (Wildman–Crippen MR) is 41.1 cm³/mol. The molecule has 1 aromatic rings. The lowest BCUT2D eigenvalue weighted by Gasteiger charge is -1.94. The minimum Gasteiger partial charge on any atom is -0.467 e. The van der Waals surface area contributed by atoms with Gasteiger partial charge in [-0.15, -0.1) is 0 Å². The Morgan fingerprint density at radius 3 is 2.58 bits per heavy atom. The van der Waals surface area contributed by atoms with Gasteiger partial charge in [0.2, 0.25) is 0 Å². The van der Waals surface area contributed by atoms with E-state index in [-0.39, 0.29) is 6.01 Å². The molecule has 1 rings (SSSR count). The molecule has 4 heteroatoms. The number of rotatable bonds is 1. The molecule has 0 saturated heterocycles. The highest BCUT2D eigenvalue weighted by atomic mass is 16.5. The van der Waals surface area contributed by atoms with Crippen LogP contribution < -0.4 is 4.74 Å². The van der Waals surface area contributed by atoms with Crippen LogP contribution in [0.15, 0.2) is 12.4 Å². The number of nitriles is 1. The van der Waals surface area contributed by atoms with Crippen LogP contribution in [0.25, 0.3) is 0 Å². The van der Waals surface area contributed by atoms with E-state index in [1.165, 1.54) is 19.5 Å².